The number of aryl methyl sites for hydroxylation is 2. The number of aromatic nitrogens is 2. The Morgan fingerprint density at radius 3 is 2.86 bits per heavy atom. The van der Waals surface area contributed by atoms with Crippen molar-refractivity contribution in [1.82, 2.24) is 15.1 Å². The van der Waals surface area contributed by atoms with Crippen molar-refractivity contribution in [3.8, 4) is 5.75 Å². The molecule has 0 aliphatic carbocycles. The van der Waals surface area contributed by atoms with Crippen LogP contribution < -0.4 is 10.1 Å². The highest BCUT2D eigenvalue weighted by Gasteiger charge is 2.10. The maximum absolute atomic E-state index is 5.72. The Bertz CT molecular complexity index is 575. The van der Waals surface area contributed by atoms with Crippen molar-refractivity contribution in [3.05, 3.63) is 47.3 Å². The van der Waals surface area contributed by atoms with Crippen LogP contribution in [0.25, 0.3) is 0 Å². The van der Waals surface area contributed by atoms with Crippen LogP contribution in [0.3, 0.4) is 0 Å². The lowest BCUT2D eigenvalue weighted by molar-refractivity contribution is 0.313. The number of ether oxygens (including phenoxy) is 1. The summed E-state index contributed by atoms with van der Waals surface area (Å²) in [4.78, 5) is 0. The fraction of sp³-hybridized carbons (Fsp3) is 0.471. The van der Waals surface area contributed by atoms with Gasteiger partial charge in [0, 0.05) is 31.9 Å². The molecule has 21 heavy (non-hydrogen) atoms. The molecule has 1 aromatic carbocycles. The van der Waals surface area contributed by atoms with E-state index < -0.39 is 0 Å². The van der Waals surface area contributed by atoms with Gasteiger partial charge < -0.3 is 10.1 Å². The van der Waals surface area contributed by atoms with Crippen LogP contribution in [-0.4, -0.2) is 22.9 Å². The topological polar surface area (TPSA) is 39.1 Å². The number of nitrogens with zero attached hydrogens (tertiary/aromatic N) is 2. The van der Waals surface area contributed by atoms with Crippen LogP contribution in [-0.2, 0) is 13.6 Å². The zero-order chi connectivity index (χ0) is 15.2. The summed E-state index contributed by atoms with van der Waals surface area (Å²) in [5, 5.41) is 7.93. The number of nitrogens with one attached hydrogen (secondary N) is 1. The molecule has 0 aliphatic heterocycles. The molecule has 1 aromatic heterocycles. The lowest BCUT2D eigenvalue weighted by Crippen LogP contribution is -2.21. The highest BCUT2D eigenvalue weighted by molar-refractivity contribution is 5.27. The predicted molar refractivity (Wildman–Crippen MR) is 85.7 cm³/mol. The molecule has 0 amide bonds. The summed E-state index contributed by atoms with van der Waals surface area (Å²) in [5.41, 5.74) is 3.66. The van der Waals surface area contributed by atoms with Crippen molar-refractivity contribution in [1.29, 1.82) is 0 Å². The zero-order valence-corrected chi connectivity index (χ0v) is 13.4. The van der Waals surface area contributed by atoms with Crippen molar-refractivity contribution in [2.45, 2.75) is 33.2 Å². The van der Waals surface area contributed by atoms with Gasteiger partial charge in [-0.2, -0.15) is 5.10 Å². The van der Waals surface area contributed by atoms with E-state index in [1.54, 1.807) is 0 Å². The Morgan fingerprint density at radius 1 is 1.33 bits per heavy atom. The molecule has 0 spiro atoms. The van der Waals surface area contributed by atoms with Crippen molar-refractivity contribution in [3.63, 3.8) is 0 Å². The average Bonchev–Trinajstić information content (AvgIpc) is 2.80. The summed E-state index contributed by atoms with van der Waals surface area (Å²) in [6.07, 6.45) is 2.09. The van der Waals surface area contributed by atoms with Crippen molar-refractivity contribution >= 4 is 0 Å². The first kappa shape index (κ1) is 15.6. The van der Waals surface area contributed by atoms with Crippen molar-refractivity contribution in [2.24, 2.45) is 7.05 Å². The fourth-order valence-corrected chi connectivity index (χ4v) is 2.35. The van der Waals surface area contributed by atoms with E-state index >= 15 is 0 Å². The van der Waals surface area contributed by atoms with Gasteiger partial charge in [0.05, 0.1) is 5.69 Å². The minimum absolute atomic E-state index is 0.451. The van der Waals surface area contributed by atoms with E-state index in [0.29, 0.717) is 12.5 Å². The molecule has 4 heteroatoms. The van der Waals surface area contributed by atoms with Crippen LogP contribution in [0.5, 0.6) is 5.75 Å². The quantitative estimate of drug-likeness (QED) is 0.796. The van der Waals surface area contributed by atoms with Gasteiger partial charge in [-0.05, 0) is 30.5 Å². The molecule has 4 nitrogen and oxygen atoms in total. The van der Waals surface area contributed by atoms with Gasteiger partial charge in [0.2, 0.25) is 0 Å². The molecule has 2 aromatic rings. The molecule has 0 saturated carbocycles. The monoisotopic (exact) mass is 287 g/mol. The highest BCUT2D eigenvalue weighted by atomic mass is 16.5. The molecule has 0 bridgehead atoms. The van der Waals surface area contributed by atoms with Gasteiger partial charge in [0.1, 0.15) is 12.4 Å². The summed E-state index contributed by atoms with van der Waals surface area (Å²) < 4.78 is 7.61. The SMILES string of the molecule is Cc1cccc(OCCNCc2cn(C)nc2C(C)C)c1. The molecule has 2 rings (SSSR count). The largest absolute Gasteiger partial charge is 0.492 e. The molecule has 1 N–H and O–H groups in total. The van der Waals surface area contributed by atoms with Crippen molar-refractivity contribution in [2.75, 3.05) is 13.2 Å². The third-order valence-corrected chi connectivity index (χ3v) is 3.34. The number of hydrogen-bond donors (Lipinski definition) is 1. The maximum atomic E-state index is 5.72. The third kappa shape index (κ3) is 4.60. The van der Waals surface area contributed by atoms with Crippen LogP contribution in [0.1, 0.15) is 36.6 Å². The molecular formula is C17H25N3O. The van der Waals surface area contributed by atoms with E-state index in [1.807, 2.05) is 23.9 Å². The van der Waals surface area contributed by atoms with E-state index in [9.17, 15) is 0 Å². The van der Waals surface area contributed by atoms with Gasteiger partial charge in [-0.25, -0.2) is 0 Å². The van der Waals surface area contributed by atoms with E-state index in [0.717, 1.165) is 18.8 Å². The first-order valence-corrected chi connectivity index (χ1v) is 7.49. The third-order valence-electron chi connectivity index (χ3n) is 3.34. The summed E-state index contributed by atoms with van der Waals surface area (Å²) in [6, 6.07) is 8.13. The highest BCUT2D eigenvalue weighted by Crippen LogP contribution is 2.17. The molecule has 0 fully saturated rings. The smallest absolute Gasteiger partial charge is 0.119 e. The minimum Gasteiger partial charge on any atom is -0.492 e. The lowest BCUT2D eigenvalue weighted by atomic mass is 10.1. The van der Waals surface area contributed by atoms with Gasteiger partial charge >= 0.3 is 0 Å². The minimum atomic E-state index is 0.451. The van der Waals surface area contributed by atoms with Crippen molar-refractivity contribution < 1.29 is 4.74 Å². The van der Waals surface area contributed by atoms with Gasteiger partial charge in [0.25, 0.3) is 0 Å². The van der Waals surface area contributed by atoms with Gasteiger partial charge in [-0.3, -0.25) is 4.68 Å². The second-order valence-corrected chi connectivity index (χ2v) is 5.71. The summed E-state index contributed by atoms with van der Waals surface area (Å²) in [6.45, 7) is 8.74. The Hall–Kier alpha value is -1.81. The Morgan fingerprint density at radius 2 is 2.14 bits per heavy atom. The second-order valence-electron chi connectivity index (χ2n) is 5.71. The van der Waals surface area contributed by atoms with Gasteiger partial charge in [0.15, 0.2) is 0 Å². The van der Waals surface area contributed by atoms with Crippen LogP contribution in [0.2, 0.25) is 0 Å². The first-order valence-electron chi connectivity index (χ1n) is 7.49. The molecular weight excluding hydrogens is 262 g/mol. The molecule has 114 valence electrons. The molecule has 0 radical (unpaired) electrons. The number of rotatable bonds is 7. The fourth-order valence-electron chi connectivity index (χ4n) is 2.35. The molecule has 1 heterocycles. The molecule has 0 unspecified atom stereocenters. The summed E-state index contributed by atoms with van der Waals surface area (Å²) in [5.74, 6) is 1.38. The second kappa shape index (κ2) is 7.27. The van der Waals surface area contributed by atoms with Gasteiger partial charge in [-0.15, -0.1) is 0 Å². The number of benzene rings is 1. The Kier molecular flexibility index (Phi) is 5.39. The molecule has 0 aliphatic rings. The average molecular weight is 287 g/mol. The summed E-state index contributed by atoms with van der Waals surface area (Å²) >= 11 is 0. The summed E-state index contributed by atoms with van der Waals surface area (Å²) in [7, 11) is 1.97. The van der Waals surface area contributed by atoms with E-state index in [4.69, 9.17) is 4.74 Å². The van der Waals surface area contributed by atoms with E-state index in [1.165, 1.54) is 16.8 Å². The first-order chi connectivity index (χ1) is 10.1. The zero-order valence-electron chi connectivity index (χ0n) is 13.4. The molecule has 0 saturated heterocycles. The van der Waals surface area contributed by atoms with Crippen LogP contribution >= 0.6 is 0 Å². The Balaban J connectivity index is 1.75. The predicted octanol–water partition coefficient (Wildman–Crippen LogP) is 3.02. The van der Waals surface area contributed by atoms with E-state index in [2.05, 4.69) is 49.5 Å². The standard InChI is InChI=1S/C17H25N3O/c1-13(2)17-15(12-20(4)19-17)11-18-8-9-21-16-7-5-6-14(3)10-16/h5-7,10,12-13,18H,8-9,11H2,1-4H3. The number of hydrogen-bond acceptors (Lipinski definition) is 3. The molecule has 0 atom stereocenters. The van der Waals surface area contributed by atoms with Gasteiger partial charge in [-0.1, -0.05) is 26.0 Å². The normalized spacial score (nSPS) is 11.1. The maximum Gasteiger partial charge on any atom is 0.119 e. The van der Waals surface area contributed by atoms with E-state index in [-0.39, 0.29) is 0 Å². The lowest BCUT2D eigenvalue weighted by Gasteiger charge is -2.09. The van der Waals surface area contributed by atoms with Crippen LogP contribution in [0.4, 0.5) is 0 Å². The Labute approximate surface area is 127 Å². The van der Waals surface area contributed by atoms with Crippen LogP contribution in [0, 0.1) is 6.92 Å². The van der Waals surface area contributed by atoms with Crippen LogP contribution in [0.15, 0.2) is 30.5 Å².